The van der Waals surface area contributed by atoms with Crippen molar-refractivity contribution in [2.45, 2.75) is 12.5 Å². The van der Waals surface area contributed by atoms with Gasteiger partial charge in [-0.25, -0.2) is 4.98 Å². The molecule has 0 spiro atoms. The van der Waals surface area contributed by atoms with E-state index in [0.29, 0.717) is 0 Å². The molecule has 80 valence electrons. The second kappa shape index (κ2) is 4.50. The van der Waals surface area contributed by atoms with Gasteiger partial charge >= 0.3 is 0 Å². The highest BCUT2D eigenvalue weighted by atomic mass is 32.1. The van der Waals surface area contributed by atoms with Crippen LogP contribution in [0.4, 0.5) is 0 Å². The highest BCUT2D eigenvalue weighted by Gasteiger charge is 2.13. The number of likely N-dealkylation sites (N-methyl/N-ethyl adjacent to an activating group) is 1. The van der Waals surface area contributed by atoms with E-state index < -0.39 is 0 Å². The Balaban J connectivity index is 2.09. The van der Waals surface area contributed by atoms with Crippen LogP contribution < -0.4 is 5.32 Å². The zero-order valence-electron chi connectivity index (χ0n) is 8.71. The van der Waals surface area contributed by atoms with E-state index in [0.717, 1.165) is 17.8 Å². The summed E-state index contributed by atoms with van der Waals surface area (Å²) in [4.78, 5) is 4.29. The minimum absolute atomic E-state index is 0.216. The van der Waals surface area contributed by atoms with Gasteiger partial charge in [0.15, 0.2) is 0 Å². The number of aryl methyl sites for hydroxylation is 1. The van der Waals surface area contributed by atoms with Crippen molar-refractivity contribution >= 4 is 11.3 Å². The maximum atomic E-state index is 4.29. The van der Waals surface area contributed by atoms with E-state index in [4.69, 9.17) is 0 Å². The van der Waals surface area contributed by atoms with Gasteiger partial charge in [0.25, 0.3) is 0 Å². The van der Waals surface area contributed by atoms with Crippen molar-refractivity contribution in [3.8, 4) is 0 Å². The Morgan fingerprint density at radius 1 is 1.60 bits per heavy atom. The molecule has 0 radical (unpaired) electrons. The lowest BCUT2D eigenvalue weighted by molar-refractivity contribution is 0.571. The third-order valence-electron chi connectivity index (χ3n) is 2.22. The molecule has 0 aromatic carbocycles. The largest absolute Gasteiger partial charge is 0.311 e. The first-order valence-corrected chi connectivity index (χ1v) is 5.64. The summed E-state index contributed by atoms with van der Waals surface area (Å²) in [5.41, 5.74) is 3.88. The number of rotatable bonds is 4. The summed E-state index contributed by atoms with van der Waals surface area (Å²) in [5, 5.41) is 13.3. The maximum Gasteiger partial charge on any atom is 0.0846 e. The molecule has 0 saturated heterocycles. The number of nitrogens with one attached hydrogen (secondary N) is 1. The van der Waals surface area contributed by atoms with E-state index in [-0.39, 0.29) is 6.04 Å². The molecule has 6 heteroatoms. The monoisotopic (exact) mass is 223 g/mol. The Morgan fingerprint density at radius 3 is 3.00 bits per heavy atom. The van der Waals surface area contributed by atoms with Crippen molar-refractivity contribution in [2.24, 2.45) is 7.05 Å². The van der Waals surface area contributed by atoms with E-state index in [2.05, 4.69) is 26.0 Å². The average Bonchev–Trinajstić information content (AvgIpc) is 2.85. The molecule has 0 bridgehead atoms. The third-order valence-corrected chi connectivity index (χ3v) is 2.82. The standard InChI is InChI=1S/C9H13N5S/c1-10-8(9-5-15-6-11-9)3-7-4-14(2)13-12-7/h4-6,8,10H,3H2,1-2H3. The first kappa shape index (κ1) is 10.3. The van der Waals surface area contributed by atoms with Gasteiger partial charge in [0.1, 0.15) is 0 Å². The first-order chi connectivity index (χ1) is 7.29. The summed E-state index contributed by atoms with van der Waals surface area (Å²) >= 11 is 1.61. The fourth-order valence-corrected chi connectivity index (χ4v) is 2.05. The van der Waals surface area contributed by atoms with Crippen LogP contribution in [0.25, 0.3) is 0 Å². The molecule has 15 heavy (non-hydrogen) atoms. The molecule has 0 aliphatic heterocycles. The predicted molar refractivity (Wildman–Crippen MR) is 58.6 cm³/mol. The van der Waals surface area contributed by atoms with Crippen molar-refractivity contribution in [1.29, 1.82) is 0 Å². The van der Waals surface area contributed by atoms with Gasteiger partial charge in [-0.3, -0.25) is 4.68 Å². The lowest BCUT2D eigenvalue weighted by Crippen LogP contribution is -2.19. The van der Waals surface area contributed by atoms with Crippen molar-refractivity contribution < 1.29 is 0 Å². The first-order valence-electron chi connectivity index (χ1n) is 4.70. The van der Waals surface area contributed by atoms with Crippen LogP contribution in [0.2, 0.25) is 0 Å². The average molecular weight is 223 g/mol. The molecule has 0 amide bonds. The Labute approximate surface area is 92.2 Å². The Kier molecular flexibility index (Phi) is 3.08. The van der Waals surface area contributed by atoms with Crippen molar-refractivity contribution in [1.82, 2.24) is 25.3 Å². The Morgan fingerprint density at radius 2 is 2.47 bits per heavy atom. The highest BCUT2D eigenvalue weighted by molar-refractivity contribution is 7.07. The van der Waals surface area contributed by atoms with Gasteiger partial charge in [-0.2, -0.15) is 0 Å². The van der Waals surface area contributed by atoms with Gasteiger partial charge < -0.3 is 5.32 Å². The predicted octanol–water partition coefficient (Wildman–Crippen LogP) is 0.775. The number of hydrogen-bond acceptors (Lipinski definition) is 5. The minimum Gasteiger partial charge on any atom is -0.311 e. The lowest BCUT2D eigenvalue weighted by Gasteiger charge is -2.11. The third kappa shape index (κ3) is 2.40. The second-order valence-corrected chi connectivity index (χ2v) is 4.06. The molecule has 0 fully saturated rings. The van der Waals surface area contributed by atoms with Crippen molar-refractivity contribution in [3.05, 3.63) is 28.5 Å². The number of aromatic nitrogens is 4. The summed E-state index contributed by atoms with van der Waals surface area (Å²) in [7, 11) is 3.80. The smallest absolute Gasteiger partial charge is 0.0846 e. The molecule has 0 aliphatic carbocycles. The molecule has 2 heterocycles. The van der Waals surface area contributed by atoms with Crippen LogP contribution >= 0.6 is 11.3 Å². The van der Waals surface area contributed by atoms with Crippen LogP contribution in [0.5, 0.6) is 0 Å². The number of nitrogens with zero attached hydrogens (tertiary/aromatic N) is 4. The quantitative estimate of drug-likeness (QED) is 0.832. The van der Waals surface area contributed by atoms with Gasteiger partial charge in [0.05, 0.1) is 22.9 Å². The number of hydrogen-bond donors (Lipinski definition) is 1. The summed E-state index contributed by atoms with van der Waals surface area (Å²) in [5.74, 6) is 0. The summed E-state index contributed by atoms with van der Waals surface area (Å²) in [6.07, 6.45) is 2.74. The number of thiazole rings is 1. The molecule has 2 aromatic heterocycles. The van der Waals surface area contributed by atoms with Crippen LogP contribution in [-0.4, -0.2) is 27.0 Å². The van der Waals surface area contributed by atoms with Crippen LogP contribution in [0.3, 0.4) is 0 Å². The summed E-state index contributed by atoms with van der Waals surface area (Å²) < 4.78 is 1.71. The fourth-order valence-electron chi connectivity index (χ4n) is 1.45. The highest BCUT2D eigenvalue weighted by Crippen LogP contribution is 2.16. The fraction of sp³-hybridized carbons (Fsp3) is 0.444. The second-order valence-electron chi connectivity index (χ2n) is 3.34. The van der Waals surface area contributed by atoms with E-state index >= 15 is 0 Å². The summed E-state index contributed by atoms with van der Waals surface area (Å²) in [6, 6.07) is 0.216. The molecule has 1 unspecified atom stereocenters. The molecule has 0 aliphatic rings. The minimum atomic E-state index is 0.216. The Bertz CT molecular complexity index is 408. The van der Waals surface area contributed by atoms with Gasteiger partial charge in [0.2, 0.25) is 0 Å². The molecule has 1 atom stereocenters. The molecule has 5 nitrogen and oxygen atoms in total. The van der Waals surface area contributed by atoms with Crippen LogP contribution in [0.15, 0.2) is 17.1 Å². The van der Waals surface area contributed by atoms with Crippen molar-refractivity contribution in [3.63, 3.8) is 0 Å². The molecular formula is C9H13N5S. The molecular weight excluding hydrogens is 210 g/mol. The van der Waals surface area contributed by atoms with Crippen LogP contribution in [-0.2, 0) is 13.5 Å². The molecule has 0 saturated carbocycles. The molecule has 2 aromatic rings. The van der Waals surface area contributed by atoms with E-state index in [9.17, 15) is 0 Å². The van der Waals surface area contributed by atoms with Gasteiger partial charge in [-0.05, 0) is 7.05 Å². The lowest BCUT2D eigenvalue weighted by atomic mass is 10.1. The van der Waals surface area contributed by atoms with E-state index in [1.807, 2.05) is 25.8 Å². The topological polar surface area (TPSA) is 55.6 Å². The van der Waals surface area contributed by atoms with Crippen molar-refractivity contribution in [2.75, 3.05) is 7.05 Å². The van der Waals surface area contributed by atoms with E-state index in [1.54, 1.807) is 16.0 Å². The zero-order chi connectivity index (χ0) is 10.7. The maximum absolute atomic E-state index is 4.29. The van der Waals surface area contributed by atoms with Gasteiger partial charge in [0, 0.05) is 25.0 Å². The molecule has 1 N–H and O–H groups in total. The zero-order valence-corrected chi connectivity index (χ0v) is 9.53. The van der Waals surface area contributed by atoms with Gasteiger partial charge in [-0.15, -0.1) is 16.4 Å². The Hall–Kier alpha value is -1.27. The van der Waals surface area contributed by atoms with E-state index in [1.165, 1.54) is 0 Å². The normalized spacial score (nSPS) is 12.9. The van der Waals surface area contributed by atoms with Crippen LogP contribution in [0.1, 0.15) is 17.4 Å². The summed E-state index contributed by atoms with van der Waals surface area (Å²) in [6.45, 7) is 0. The van der Waals surface area contributed by atoms with Crippen LogP contribution in [0, 0.1) is 0 Å². The van der Waals surface area contributed by atoms with Gasteiger partial charge in [-0.1, -0.05) is 5.21 Å². The molecule has 2 rings (SSSR count). The SMILES string of the molecule is CNC(Cc1cn(C)nn1)c1cscn1.